The lowest BCUT2D eigenvalue weighted by Gasteiger charge is -2.41. The molecule has 256 valence electrons. The Morgan fingerprint density at radius 2 is 1.57 bits per heavy atom. The monoisotopic (exact) mass is 641 g/mol. The Bertz CT molecular complexity index is 1210. The molecule has 46 heavy (non-hydrogen) atoms. The standard InChI is InChI=1S/C35H55N5O6/c1-7-35(5,6)23-18-25(31(44)37-24(17-20-13-14-20)28(42)30(36)43)40(19-23)32(45)29(34(2,3)4)39-33(46)38-26(27(41)22-15-16-22)21-11-9-8-10-12-21/h1,20-26,29,32,45H,8-19H2,2-6H3,(H2,36,43)(H,37,44)(H2,38,39,46)/t23-,24?,25+,26+,29-,32?/m1/s1. The van der Waals surface area contributed by atoms with Crippen LogP contribution in [0.25, 0.3) is 0 Å². The van der Waals surface area contributed by atoms with Gasteiger partial charge in [-0.15, -0.1) is 12.3 Å². The fraction of sp³-hybridized carbons (Fsp3) is 0.800. The summed E-state index contributed by atoms with van der Waals surface area (Å²) in [5.41, 5.74) is 4.04. The van der Waals surface area contributed by atoms with Gasteiger partial charge in [0.25, 0.3) is 5.91 Å². The number of carbonyl (C=O) groups is 5. The van der Waals surface area contributed by atoms with Crippen molar-refractivity contribution in [3.63, 3.8) is 0 Å². The molecule has 0 aromatic carbocycles. The third-order valence-corrected chi connectivity index (χ3v) is 10.7. The fourth-order valence-electron chi connectivity index (χ4n) is 7.17. The normalized spacial score (nSPS) is 25.4. The molecule has 0 aromatic rings. The average Bonchev–Trinajstić information content (AvgIpc) is 3.95. The highest BCUT2D eigenvalue weighted by molar-refractivity contribution is 6.37. The summed E-state index contributed by atoms with van der Waals surface area (Å²) < 4.78 is 0. The molecule has 2 unspecified atom stereocenters. The molecule has 1 saturated heterocycles. The second kappa shape index (κ2) is 14.4. The third-order valence-electron chi connectivity index (χ3n) is 10.7. The van der Waals surface area contributed by atoms with E-state index in [2.05, 4.69) is 21.9 Å². The predicted octanol–water partition coefficient (Wildman–Crippen LogP) is 2.64. The van der Waals surface area contributed by atoms with Gasteiger partial charge in [-0.3, -0.25) is 24.1 Å². The first-order chi connectivity index (χ1) is 21.5. The molecule has 0 bridgehead atoms. The molecule has 4 aliphatic rings. The van der Waals surface area contributed by atoms with Gasteiger partial charge in [0, 0.05) is 17.9 Å². The summed E-state index contributed by atoms with van der Waals surface area (Å²) in [6.45, 7) is 9.75. The van der Waals surface area contributed by atoms with E-state index in [1.807, 2.05) is 34.6 Å². The number of terminal acetylenes is 1. The van der Waals surface area contributed by atoms with Crippen molar-refractivity contribution in [2.45, 2.75) is 136 Å². The molecule has 1 aliphatic heterocycles. The van der Waals surface area contributed by atoms with E-state index in [0.717, 1.165) is 57.8 Å². The number of urea groups is 1. The molecule has 11 nitrogen and oxygen atoms in total. The predicted molar refractivity (Wildman–Crippen MR) is 174 cm³/mol. The summed E-state index contributed by atoms with van der Waals surface area (Å²) in [5.74, 6) is 0.614. The van der Waals surface area contributed by atoms with E-state index < -0.39 is 64.9 Å². The highest BCUT2D eigenvalue weighted by atomic mass is 16.3. The molecule has 6 N–H and O–H groups in total. The van der Waals surface area contributed by atoms with E-state index in [9.17, 15) is 29.1 Å². The maximum absolute atomic E-state index is 13.9. The third kappa shape index (κ3) is 8.88. The molecule has 6 atom stereocenters. The van der Waals surface area contributed by atoms with Crippen molar-refractivity contribution in [3.8, 4) is 12.3 Å². The zero-order valence-electron chi connectivity index (χ0n) is 28.3. The largest absolute Gasteiger partial charge is 0.376 e. The highest BCUT2D eigenvalue weighted by Crippen LogP contribution is 2.40. The molecule has 1 heterocycles. The van der Waals surface area contributed by atoms with Crippen LogP contribution in [-0.2, 0) is 19.2 Å². The van der Waals surface area contributed by atoms with E-state index >= 15 is 0 Å². The molecular formula is C35H55N5O6. The maximum Gasteiger partial charge on any atom is 0.315 e. The van der Waals surface area contributed by atoms with Crippen LogP contribution >= 0.6 is 0 Å². The average molecular weight is 642 g/mol. The number of hydrogen-bond acceptors (Lipinski definition) is 7. The summed E-state index contributed by atoms with van der Waals surface area (Å²) in [4.78, 5) is 66.8. The lowest BCUT2D eigenvalue weighted by molar-refractivity contribution is -0.140. The van der Waals surface area contributed by atoms with Crippen molar-refractivity contribution >= 4 is 29.4 Å². The van der Waals surface area contributed by atoms with Crippen molar-refractivity contribution < 1.29 is 29.1 Å². The number of hydrogen-bond donors (Lipinski definition) is 5. The second-order valence-corrected chi connectivity index (χ2v) is 15.9. The summed E-state index contributed by atoms with van der Waals surface area (Å²) in [6, 6.07) is -3.85. The molecule has 4 amide bonds. The van der Waals surface area contributed by atoms with Gasteiger partial charge < -0.3 is 26.8 Å². The highest BCUT2D eigenvalue weighted by Gasteiger charge is 2.49. The zero-order valence-corrected chi connectivity index (χ0v) is 28.3. The minimum absolute atomic E-state index is 0.00160. The molecular weight excluding hydrogens is 586 g/mol. The van der Waals surface area contributed by atoms with Crippen molar-refractivity contribution in [2.75, 3.05) is 6.54 Å². The number of likely N-dealkylation sites (tertiary alicyclic amines) is 1. The van der Waals surface area contributed by atoms with Crippen LogP contribution in [0.15, 0.2) is 0 Å². The van der Waals surface area contributed by atoms with Gasteiger partial charge in [0.1, 0.15) is 6.23 Å². The molecule has 0 spiro atoms. The van der Waals surface area contributed by atoms with Crippen LogP contribution in [0.2, 0.25) is 0 Å². The Balaban J connectivity index is 1.55. The lowest BCUT2D eigenvalue weighted by atomic mass is 9.78. The Morgan fingerprint density at radius 1 is 0.935 bits per heavy atom. The maximum atomic E-state index is 13.9. The molecule has 3 saturated carbocycles. The minimum atomic E-state index is -1.30. The number of Topliss-reactive ketones (excluding diaryl/α,β-unsaturated/α-hetero) is 2. The van der Waals surface area contributed by atoms with E-state index in [1.54, 1.807) is 4.90 Å². The Hall–Kier alpha value is -2.97. The van der Waals surface area contributed by atoms with E-state index in [1.165, 1.54) is 0 Å². The first-order valence-electron chi connectivity index (χ1n) is 17.2. The molecule has 4 fully saturated rings. The number of carbonyl (C=O) groups excluding carboxylic acids is 5. The van der Waals surface area contributed by atoms with Gasteiger partial charge in [-0.2, -0.15) is 0 Å². The van der Waals surface area contributed by atoms with Crippen LogP contribution in [0, 0.1) is 46.8 Å². The first kappa shape index (κ1) is 35.9. The van der Waals surface area contributed by atoms with Crippen molar-refractivity contribution in [2.24, 2.45) is 40.2 Å². The van der Waals surface area contributed by atoms with Crippen LogP contribution in [0.5, 0.6) is 0 Å². The first-order valence-corrected chi connectivity index (χ1v) is 17.2. The summed E-state index contributed by atoms with van der Waals surface area (Å²) in [5, 5.41) is 20.7. The van der Waals surface area contributed by atoms with E-state index in [4.69, 9.17) is 12.2 Å². The van der Waals surface area contributed by atoms with Gasteiger partial charge in [-0.1, -0.05) is 52.9 Å². The molecule has 0 radical (unpaired) electrons. The van der Waals surface area contributed by atoms with Gasteiger partial charge in [0.15, 0.2) is 5.78 Å². The van der Waals surface area contributed by atoms with Gasteiger partial charge in [-0.05, 0) is 75.5 Å². The number of rotatable bonds is 14. The number of amides is 4. The number of aliphatic hydroxyl groups excluding tert-OH is 1. The van der Waals surface area contributed by atoms with Crippen molar-refractivity contribution in [3.05, 3.63) is 0 Å². The van der Waals surface area contributed by atoms with Crippen molar-refractivity contribution in [1.29, 1.82) is 0 Å². The van der Waals surface area contributed by atoms with Gasteiger partial charge >= 0.3 is 6.03 Å². The number of aliphatic hydroxyl groups is 1. The SMILES string of the molecule is C#CC(C)(C)[C@@H]1C[C@@H](C(=O)NC(CC2CC2)C(=O)C(N)=O)N(C(O)[C@@H](NC(=O)N[C@H](C(=O)C2CC2)C2CCCCC2)C(C)(C)C)C1. The van der Waals surface area contributed by atoms with Crippen LogP contribution < -0.4 is 21.7 Å². The summed E-state index contributed by atoms with van der Waals surface area (Å²) in [7, 11) is 0. The topological polar surface area (TPSA) is 171 Å². The Labute approximate surface area is 273 Å². The Morgan fingerprint density at radius 3 is 2.09 bits per heavy atom. The lowest BCUT2D eigenvalue weighted by Crippen LogP contribution is -2.63. The quantitative estimate of drug-likeness (QED) is 0.143. The number of nitrogens with two attached hydrogens (primary N) is 1. The molecule has 3 aliphatic carbocycles. The van der Waals surface area contributed by atoms with Crippen LogP contribution in [0.1, 0.15) is 105 Å². The smallest absolute Gasteiger partial charge is 0.315 e. The van der Waals surface area contributed by atoms with Gasteiger partial charge in [-0.25, -0.2) is 4.79 Å². The number of ketones is 2. The Kier molecular flexibility index (Phi) is 11.3. The second-order valence-electron chi connectivity index (χ2n) is 15.9. The van der Waals surface area contributed by atoms with Crippen LogP contribution in [0.4, 0.5) is 4.79 Å². The molecule has 0 aromatic heterocycles. The van der Waals surface area contributed by atoms with E-state index in [0.29, 0.717) is 12.8 Å². The molecule has 4 rings (SSSR count). The number of nitrogens with zero attached hydrogens (tertiary/aromatic N) is 1. The summed E-state index contributed by atoms with van der Waals surface area (Å²) in [6.07, 6.45) is 13.7. The van der Waals surface area contributed by atoms with Crippen molar-refractivity contribution in [1.82, 2.24) is 20.9 Å². The molecule has 11 heteroatoms. The number of nitrogens with one attached hydrogen (secondary N) is 3. The van der Waals surface area contributed by atoms with Crippen LogP contribution in [0.3, 0.4) is 0 Å². The van der Waals surface area contributed by atoms with Gasteiger partial charge in [0.2, 0.25) is 11.7 Å². The minimum Gasteiger partial charge on any atom is -0.376 e. The fourth-order valence-corrected chi connectivity index (χ4v) is 7.17. The summed E-state index contributed by atoms with van der Waals surface area (Å²) >= 11 is 0. The van der Waals surface area contributed by atoms with Crippen LogP contribution in [-0.4, -0.2) is 76.4 Å². The van der Waals surface area contributed by atoms with Gasteiger partial charge in [0.05, 0.1) is 24.2 Å². The van der Waals surface area contributed by atoms with E-state index in [-0.39, 0.29) is 36.0 Å². The number of primary amides is 1. The zero-order chi connectivity index (χ0) is 34.0.